The van der Waals surface area contributed by atoms with Gasteiger partial charge in [0.05, 0.1) is 6.20 Å². The summed E-state index contributed by atoms with van der Waals surface area (Å²) in [5.74, 6) is 1.46. The summed E-state index contributed by atoms with van der Waals surface area (Å²) in [6.07, 6.45) is 8.15. The topological polar surface area (TPSA) is 69.0 Å². The molecule has 6 nitrogen and oxygen atoms in total. The summed E-state index contributed by atoms with van der Waals surface area (Å²) in [4.78, 5) is 16.1. The van der Waals surface area contributed by atoms with Crippen LogP contribution in [0.4, 0.5) is 5.69 Å². The number of ether oxygens (including phenoxy) is 1. The van der Waals surface area contributed by atoms with E-state index in [0.717, 1.165) is 28.3 Å². The van der Waals surface area contributed by atoms with Crippen LogP contribution in [0.1, 0.15) is 17.5 Å². The van der Waals surface area contributed by atoms with Crippen molar-refractivity contribution in [1.82, 2.24) is 14.8 Å². The van der Waals surface area contributed by atoms with Crippen LogP contribution in [0, 0.1) is 6.92 Å². The quantitative estimate of drug-likeness (QED) is 0.748. The predicted molar refractivity (Wildman–Crippen MR) is 95.6 cm³/mol. The summed E-state index contributed by atoms with van der Waals surface area (Å²) >= 11 is 0. The van der Waals surface area contributed by atoms with E-state index in [4.69, 9.17) is 4.74 Å². The van der Waals surface area contributed by atoms with Gasteiger partial charge in [0, 0.05) is 37.7 Å². The predicted octanol–water partition coefficient (Wildman–Crippen LogP) is 3.49. The highest BCUT2D eigenvalue weighted by molar-refractivity contribution is 5.91. The molecule has 0 aliphatic rings. The van der Waals surface area contributed by atoms with E-state index in [1.807, 2.05) is 38.4 Å². The minimum absolute atomic E-state index is 0.0222. The molecule has 0 spiro atoms. The Balaban J connectivity index is 1.57. The van der Waals surface area contributed by atoms with Gasteiger partial charge >= 0.3 is 0 Å². The molecule has 3 rings (SSSR count). The van der Waals surface area contributed by atoms with Crippen LogP contribution in [-0.4, -0.2) is 20.7 Å². The maximum Gasteiger partial charge on any atom is 0.224 e. The lowest BCUT2D eigenvalue weighted by Crippen LogP contribution is -2.12. The molecule has 0 unspecified atom stereocenters. The number of pyridine rings is 1. The number of nitrogens with one attached hydrogen (secondary N) is 1. The number of aromatic nitrogens is 3. The Kier molecular flexibility index (Phi) is 5.09. The number of carbonyl (C=O) groups is 1. The van der Waals surface area contributed by atoms with Crippen molar-refractivity contribution in [3.05, 3.63) is 66.2 Å². The van der Waals surface area contributed by atoms with Gasteiger partial charge in [-0.1, -0.05) is 0 Å². The molecule has 0 fully saturated rings. The van der Waals surface area contributed by atoms with E-state index in [1.165, 1.54) is 0 Å². The van der Waals surface area contributed by atoms with Crippen molar-refractivity contribution < 1.29 is 9.53 Å². The minimum atomic E-state index is -0.0222. The van der Waals surface area contributed by atoms with Crippen LogP contribution in [-0.2, 0) is 18.3 Å². The Labute approximate surface area is 146 Å². The fourth-order valence-electron chi connectivity index (χ4n) is 2.46. The first-order valence-electron chi connectivity index (χ1n) is 8.06. The summed E-state index contributed by atoms with van der Waals surface area (Å²) in [7, 11) is 1.86. The van der Waals surface area contributed by atoms with Crippen molar-refractivity contribution >= 4 is 11.6 Å². The van der Waals surface area contributed by atoms with Crippen LogP contribution in [0.15, 0.2) is 55.1 Å². The van der Waals surface area contributed by atoms with E-state index in [9.17, 15) is 4.79 Å². The van der Waals surface area contributed by atoms with Gasteiger partial charge in [0.2, 0.25) is 5.91 Å². The van der Waals surface area contributed by atoms with Crippen molar-refractivity contribution in [3.63, 3.8) is 0 Å². The van der Waals surface area contributed by atoms with Crippen LogP contribution in [0.3, 0.4) is 0 Å². The van der Waals surface area contributed by atoms with Crippen molar-refractivity contribution in [1.29, 1.82) is 0 Å². The molecule has 1 amide bonds. The Hall–Kier alpha value is -3.15. The second-order valence-corrected chi connectivity index (χ2v) is 5.84. The van der Waals surface area contributed by atoms with Crippen LogP contribution < -0.4 is 10.1 Å². The lowest BCUT2D eigenvalue weighted by Gasteiger charge is -2.11. The Bertz CT molecular complexity index is 859. The number of anilines is 1. The highest BCUT2D eigenvalue weighted by Crippen LogP contribution is 2.27. The third-order valence-corrected chi connectivity index (χ3v) is 3.74. The molecule has 2 aromatic heterocycles. The molecule has 6 heteroatoms. The van der Waals surface area contributed by atoms with E-state index in [-0.39, 0.29) is 5.91 Å². The van der Waals surface area contributed by atoms with Crippen molar-refractivity contribution in [2.24, 2.45) is 7.05 Å². The molecule has 0 bridgehead atoms. The number of nitrogens with zero attached hydrogens (tertiary/aromatic N) is 3. The zero-order valence-electron chi connectivity index (χ0n) is 14.3. The van der Waals surface area contributed by atoms with Gasteiger partial charge in [-0.3, -0.25) is 14.5 Å². The zero-order valence-corrected chi connectivity index (χ0v) is 14.3. The summed E-state index contributed by atoms with van der Waals surface area (Å²) in [5, 5.41) is 7.02. The average Bonchev–Trinajstić information content (AvgIpc) is 3.02. The molecule has 128 valence electrons. The molecule has 0 radical (unpaired) electrons. The summed E-state index contributed by atoms with van der Waals surface area (Å²) < 4.78 is 7.55. The highest BCUT2D eigenvalue weighted by atomic mass is 16.5. The van der Waals surface area contributed by atoms with Gasteiger partial charge in [-0.2, -0.15) is 5.10 Å². The molecule has 25 heavy (non-hydrogen) atoms. The van der Waals surface area contributed by atoms with Crippen LogP contribution in [0.5, 0.6) is 11.5 Å². The van der Waals surface area contributed by atoms with Crippen molar-refractivity contribution in [3.8, 4) is 11.5 Å². The van der Waals surface area contributed by atoms with Crippen molar-refractivity contribution in [2.75, 3.05) is 5.32 Å². The van der Waals surface area contributed by atoms with E-state index in [1.54, 1.807) is 35.4 Å². The second kappa shape index (κ2) is 7.61. The maximum absolute atomic E-state index is 12.1. The van der Waals surface area contributed by atoms with Gasteiger partial charge in [0.1, 0.15) is 11.5 Å². The van der Waals surface area contributed by atoms with E-state index >= 15 is 0 Å². The number of aryl methyl sites for hydroxylation is 3. The van der Waals surface area contributed by atoms with Gasteiger partial charge < -0.3 is 10.1 Å². The Morgan fingerprint density at radius 3 is 2.72 bits per heavy atom. The largest absolute Gasteiger partial charge is 0.457 e. The monoisotopic (exact) mass is 336 g/mol. The molecule has 1 aromatic carbocycles. The molecule has 0 saturated heterocycles. The number of hydrogen-bond acceptors (Lipinski definition) is 4. The molecular weight excluding hydrogens is 316 g/mol. The fourth-order valence-corrected chi connectivity index (χ4v) is 2.46. The second-order valence-electron chi connectivity index (χ2n) is 5.84. The molecule has 0 aliphatic heterocycles. The first-order chi connectivity index (χ1) is 12.1. The van der Waals surface area contributed by atoms with Gasteiger partial charge in [-0.25, -0.2) is 0 Å². The van der Waals surface area contributed by atoms with Gasteiger partial charge in [0.15, 0.2) is 0 Å². The molecule has 3 aromatic rings. The Morgan fingerprint density at radius 2 is 2.04 bits per heavy atom. The van der Waals surface area contributed by atoms with Crippen LogP contribution >= 0.6 is 0 Å². The summed E-state index contributed by atoms with van der Waals surface area (Å²) in [6, 6.07) is 9.19. The van der Waals surface area contributed by atoms with Crippen LogP contribution in [0.25, 0.3) is 0 Å². The number of rotatable bonds is 6. The Morgan fingerprint density at radius 1 is 1.24 bits per heavy atom. The third kappa shape index (κ3) is 4.67. The number of amides is 1. The lowest BCUT2D eigenvalue weighted by atomic mass is 10.1. The summed E-state index contributed by atoms with van der Waals surface area (Å²) in [5.41, 5.74) is 2.76. The zero-order chi connectivity index (χ0) is 17.6. The number of hydrogen-bond donors (Lipinski definition) is 1. The van der Waals surface area contributed by atoms with E-state index < -0.39 is 0 Å². The first-order valence-corrected chi connectivity index (χ1v) is 8.06. The molecule has 1 N–H and O–H groups in total. The van der Waals surface area contributed by atoms with Crippen molar-refractivity contribution in [2.45, 2.75) is 19.8 Å². The molecule has 0 aliphatic carbocycles. The number of carbonyl (C=O) groups excluding carboxylic acids is 1. The van der Waals surface area contributed by atoms with E-state index in [0.29, 0.717) is 12.8 Å². The normalized spacial score (nSPS) is 10.5. The first kappa shape index (κ1) is 16.7. The molecule has 0 saturated carbocycles. The molecular formula is C19H20N4O2. The average molecular weight is 336 g/mol. The highest BCUT2D eigenvalue weighted by Gasteiger charge is 2.07. The van der Waals surface area contributed by atoms with Gasteiger partial charge in [-0.15, -0.1) is 0 Å². The SMILES string of the molecule is Cc1cc(NC(=O)CCc2cnn(C)c2)ccc1Oc1ccncc1. The van der Waals surface area contributed by atoms with Crippen LogP contribution in [0.2, 0.25) is 0 Å². The minimum Gasteiger partial charge on any atom is -0.457 e. The third-order valence-electron chi connectivity index (χ3n) is 3.74. The summed E-state index contributed by atoms with van der Waals surface area (Å²) in [6.45, 7) is 1.95. The van der Waals surface area contributed by atoms with E-state index in [2.05, 4.69) is 15.4 Å². The fraction of sp³-hybridized carbons (Fsp3) is 0.211. The smallest absolute Gasteiger partial charge is 0.224 e. The standard InChI is InChI=1S/C19H20N4O2/c1-14-11-16(4-5-18(14)25-17-7-9-20-10-8-17)22-19(24)6-3-15-12-21-23(2)13-15/h4-5,7-13H,3,6H2,1-2H3,(H,22,24). The lowest BCUT2D eigenvalue weighted by molar-refractivity contribution is -0.116. The maximum atomic E-state index is 12.1. The molecule has 0 atom stereocenters. The van der Waals surface area contributed by atoms with Gasteiger partial charge in [-0.05, 0) is 54.8 Å². The number of benzene rings is 1. The van der Waals surface area contributed by atoms with Gasteiger partial charge in [0.25, 0.3) is 0 Å². The molecule has 2 heterocycles.